The number of aryl methyl sites for hydroxylation is 1. The van der Waals surface area contributed by atoms with Crippen LogP contribution in [0.25, 0.3) is 0 Å². The topological polar surface area (TPSA) is 102 Å². The molecule has 0 saturated carbocycles. The van der Waals surface area contributed by atoms with Crippen molar-refractivity contribution >= 4 is 34.3 Å². The highest BCUT2D eigenvalue weighted by atomic mass is 32.1. The van der Waals surface area contributed by atoms with E-state index in [-0.39, 0.29) is 17.4 Å². The summed E-state index contributed by atoms with van der Waals surface area (Å²) in [4.78, 5) is 40.3. The van der Waals surface area contributed by atoms with E-state index >= 15 is 0 Å². The predicted molar refractivity (Wildman–Crippen MR) is 96.5 cm³/mol. The first-order chi connectivity index (χ1) is 13.6. The normalized spacial score (nSPS) is 11.2. The number of carbonyl (C=O) groups excluding carboxylic acids is 3. The first-order valence-electron chi connectivity index (χ1n) is 8.39. The zero-order chi connectivity index (χ0) is 21.6. The van der Waals surface area contributed by atoms with Crippen LogP contribution in [-0.2, 0) is 20.7 Å². The fraction of sp³-hybridized carbons (Fsp3) is 0.412. The third-order valence-electron chi connectivity index (χ3n) is 3.56. The summed E-state index contributed by atoms with van der Waals surface area (Å²) in [5, 5.41) is 4.13. The number of furan rings is 1. The quantitative estimate of drug-likeness (QED) is 0.643. The SMILES string of the molecule is CCOC(=O)CN(CC(F)(F)F)C(=O)Cc1csc(NC(=O)c2ccoc2C)n1. The Morgan fingerprint density at radius 2 is 2.07 bits per heavy atom. The molecule has 0 fully saturated rings. The molecule has 2 rings (SSSR count). The van der Waals surface area contributed by atoms with Crippen molar-refractivity contribution in [1.82, 2.24) is 9.88 Å². The number of hydrogen-bond donors (Lipinski definition) is 1. The molecule has 158 valence electrons. The number of carbonyl (C=O) groups is 3. The van der Waals surface area contributed by atoms with Crippen molar-refractivity contribution in [2.24, 2.45) is 0 Å². The molecule has 0 spiro atoms. The summed E-state index contributed by atoms with van der Waals surface area (Å²) in [6.45, 7) is 0.694. The number of alkyl halides is 3. The number of ether oxygens (including phenoxy) is 1. The van der Waals surface area contributed by atoms with E-state index in [9.17, 15) is 27.6 Å². The molecule has 29 heavy (non-hydrogen) atoms. The van der Waals surface area contributed by atoms with E-state index in [1.807, 2.05) is 0 Å². The van der Waals surface area contributed by atoms with Crippen molar-refractivity contribution in [3.8, 4) is 0 Å². The number of halogens is 3. The highest BCUT2D eigenvalue weighted by molar-refractivity contribution is 7.14. The second-order valence-corrected chi connectivity index (χ2v) is 6.69. The molecule has 0 bridgehead atoms. The van der Waals surface area contributed by atoms with Gasteiger partial charge in [-0.3, -0.25) is 19.7 Å². The molecule has 8 nitrogen and oxygen atoms in total. The standard InChI is InChI=1S/C17H18F3N3O5S/c1-3-27-14(25)7-23(9-17(18,19)20)13(24)6-11-8-29-16(21-11)22-15(26)12-4-5-28-10(12)2/h4-5,8H,3,6-7,9H2,1-2H3,(H,21,22,26). The van der Waals surface area contributed by atoms with Crippen LogP contribution in [0.2, 0.25) is 0 Å². The van der Waals surface area contributed by atoms with Gasteiger partial charge in [-0.25, -0.2) is 4.98 Å². The Morgan fingerprint density at radius 1 is 1.34 bits per heavy atom. The highest BCUT2D eigenvalue weighted by Gasteiger charge is 2.34. The monoisotopic (exact) mass is 433 g/mol. The Balaban J connectivity index is 2.02. The third kappa shape index (κ3) is 6.89. The van der Waals surface area contributed by atoms with Gasteiger partial charge in [0.25, 0.3) is 5.91 Å². The average Bonchev–Trinajstić information content (AvgIpc) is 3.22. The highest BCUT2D eigenvalue weighted by Crippen LogP contribution is 2.20. The van der Waals surface area contributed by atoms with Crippen LogP contribution in [0.1, 0.15) is 28.7 Å². The number of nitrogens with zero attached hydrogens (tertiary/aromatic N) is 2. The Kier molecular flexibility index (Phi) is 7.37. The Hall–Kier alpha value is -2.89. The molecule has 2 amide bonds. The Bertz CT molecular complexity index is 878. The second-order valence-electron chi connectivity index (χ2n) is 5.84. The molecule has 0 aliphatic carbocycles. The van der Waals surface area contributed by atoms with Gasteiger partial charge in [0.2, 0.25) is 5.91 Å². The largest absolute Gasteiger partial charge is 0.469 e. The lowest BCUT2D eigenvalue weighted by atomic mass is 10.2. The van der Waals surface area contributed by atoms with Crippen molar-refractivity contribution in [2.75, 3.05) is 25.0 Å². The fourth-order valence-electron chi connectivity index (χ4n) is 2.31. The van der Waals surface area contributed by atoms with E-state index in [1.165, 1.54) is 24.6 Å². The molecule has 0 aromatic carbocycles. The number of thiazole rings is 1. The zero-order valence-electron chi connectivity index (χ0n) is 15.5. The van der Waals surface area contributed by atoms with Crippen LogP contribution in [0.3, 0.4) is 0 Å². The van der Waals surface area contributed by atoms with E-state index in [1.54, 1.807) is 6.92 Å². The van der Waals surface area contributed by atoms with Crippen molar-refractivity contribution < 1.29 is 36.7 Å². The summed E-state index contributed by atoms with van der Waals surface area (Å²) in [5.74, 6) is -1.93. The molecule has 0 saturated heterocycles. The smallest absolute Gasteiger partial charge is 0.406 e. The van der Waals surface area contributed by atoms with Crippen LogP contribution in [-0.4, -0.2) is 53.5 Å². The van der Waals surface area contributed by atoms with Gasteiger partial charge in [-0.2, -0.15) is 13.2 Å². The first kappa shape index (κ1) is 22.4. The van der Waals surface area contributed by atoms with Crippen molar-refractivity contribution in [1.29, 1.82) is 0 Å². The molecule has 0 aliphatic rings. The molecule has 0 radical (unpaired) electrons. The van der Waals surface area contributed by atoms with Gasteiger partial charge in [0.05, 0.1) is 30.5 Å². The summed E-state index contributed by atoms with van der Waals surface area (Å²) in [6.07, 6.45) is -3.78. The van der Waals surface area contributed by atoms with Gasteiger partial charge in [0.15, 0.2) is 5.13 Å². The van der Waals surface area contributed by atoms with Crippen LogP contribution < -0.4 is 5.32 Å². The third-order valence-corrected chi connectivity index (χ3v) is 4.36. The van der Waals surface area contributed by atoms with Crippen molar-refractivity contribution in [3.05, 3.63) is 34.7 Å². The minimum atomic E-state index is -4.67. The summed E-state index contributed by atoms with van der Waals surface area (Å²) < 4.78 is 47.9. The van der Waals surface area contributed by atoms with Gasteiger partial charge in [-0.05, 0) is 19.9 Å². The maximum absolute atomic E-state index is 12.7. The minimum Gasteiger partial charge on any atom is -0.469 e. The van der Waals surface area contributed by atoms with Crippen LogP contribution >= 0.6 is 11.3 Å². The Labute approximate surface area is 167 Å². The average molecular weight is 433 g/mol. The van der Waals surface area contributed by atoms with Gasteiger partial charge in [0.1, 0.15) is 18.8 Å². The number of amides is 2. The van der Waals surface area contributed by atoms with Gasteiger partial charge < -0.3 is 14.1 Å². The summed E-state index contributed by atoms with van der Waals surface area (Å²) in [7, 11) is 0. The molecular weight excluding hydrogens is 415 g/mol. The molecule has 12 heteroatoms. The number of nitrogens with one attached hydrogen (secondary N) is 1. The van der Waals surface area contributed by atoms with E-state index < -0.39 is 43.5 Å². The van der Waals surface area contributed by atoms with Crippen LogP contribution in [0, 0.1) is 6.92 Å². The number of anilines is 1. The predicted octanol–water partition coefficient (Wildman–Crippen LogP) is 2.79. The van der Waals surface area contributed by atoms with Crippen molar-refractivity contribution in [2.45, 2.75) is 26.4 Å². The van der Waals surface area contributed by atoms with E-state index in [0.29, 0.717) is 16.2 Å². The molecule has 2 heterocycles. The lowest BCUT2D eigenvalue weighted by Gasteiger charge is -2.22. The molecular formula is C17H18F3N3O5S. The maximum atomic E-state index is 12.7. The van der Waals surface area contributed by atoms with Gasteiger partial charge in [0, 0.05) is 5.38 Å². The molecule has 0 atom stereocenters. The molecule has 1 N–H and O–H groups in total. The van der Waals surface area contributed by atoms with E-state index in [4.69, 9.17) is 4.42 Å². The summed E-state index contributed by atoms with van der Waals surface area (Å²) in [5.41, 5.74) is 0.471. The van der Waals surface area contributed by atoms with Crippen LogP contribution in [0.4, 0.5) is 18.3 Å². The van der Waals surface area contributed by atoms with Crippen molar-refractivity contribution in [3.63, 3.8) is 0 Å². The molecule has 0 aliphatic heterocycles. The minimum absolute atomic E-state index is 0.0157. The van der Waals surface area contributed by atoms with Crippen LogP contribution in [0.15, 0.2) is 22.1 Å². The molecule has 2 aromatic rings. The van der Waals surface area contributed by atoms with Gasteiger partial charge in [-0.1, -0.05) is 0 Å². The van der Waals surface area contributed by atoms with E-state index in [2.05, 4.69) is 15.0 Å². The van der Waals surface area contributed by atoms with Gasteiger partial charge >= 0.3 is 12.1 Å². The van der Waals surface area contributed by atoms with Gasteiger partial charge in [-0.15, -0.1) is 11.3 Å². The number of aromatic nitrogens is 1. The lowest BCUT2D eigenvalue weighted by molar-refractivity contribution is -0.167. The number of esters is 1. The first-order valence-corrected chi connectivity index (χ1v) is 9.27. The lowest BCUT2D eigenvalue weighted by Crippen LogP contribution is -2.43. The molecule has 0 unspecified atom stereocenters. The van der Waals surface area contributed by atoms with E-state index in [0.717, 1.165) is 11.3 Å². The summed E-state index contributed by atoms with van der Waals surface area (Å²) >= 11 is 1.01. The Morgan fingerprint density at radius 3 is 2.66 bits per heavy atom. The second kappa shape index (κ2) is 9.54. The maximum Gasteiger partial charge on any atom is 0.406 e. The fourth-order valence-corrected chi connectivity index (χ4v) is 3.01. The zero-order valence-corrected chi connectivity index (χ0v) is 16.4. The number of rotatable bonds is 8. The molecule has 2 aromatic heterocycles. The number of hydrogen-bond acceptors (Lipinski definition) is 7. The summed E-state index contributed by atoms with van der Waals surface area (Å²) in [6, 6.07) is 1.48. The van der Waals surface area contributed by atoms with Crippen LogP contribution in [0.5, 0.6) is 0 Å².